The number of fused-ring (bicyclic) bond motifs is 1. The predicted octanol–water partition coefficient (Wildman–Crippen LogP) is 1.52. The van der Waals surface area contributed by atoms with E-state index in [1.807, 2.05) is 4.90 Å². The number of hydrogen-bond donors (Lipinski definition) is 0. The van der Waals surface area contributed by atoms with E-state index in [2.05, 4.69) is 4.90 Å². The second-order valence-electron chi connectivity index (χ2n) is 7.84. The highest BCUT2D eigenvalue weighted by atomic mass is 16.5. The number of hydrogen-bond acceptors (Lipinski definition) is 4. The Bertz CT molecular complexity index is 432. The molecule has 0 aromatic heterocycles. The number of amides is 1. The van der Waals surface area contributed by atoms with Gasteiger partial charge in [-0.2, -0.15) is 0 Å². The molecule has 4 aliphatic rings. The summed E-state index contributed by atoms with van der Waals surface area (Å²) in [6, 6.07) is 0. The Hall–Kier alpha value is -0.650. The van der Waals surface area contributed by atoms with Crippen LogP contribution in [0.5, 0.6) is 0 Å². The van der Waals surface area contributed by atoms with Crippen molar-refractivity contribution in [1.29, 1.82) is 0 Å². The molecule has 3 heterocycles. The molecule has 130 valence electrons. The summed E-state index contributed by atoms with van der Waals surface area (Å²) in [6.45, 7) is 6.79. The lowest BCUT2D eigenvalue weighted by Gasteiger charge is -2.45. The monoisotopic (exact) mass is 322 g/mol. The van der Waals surface area contributed by atoms with E-state index in [1.54, 1.807) is 0 Å². The summed E-state index contributed by atoms with van der Waals surface area (Å²) in [5, 5.41) is 0. The Kier molecular flexibility index (Phi) is 4.61. The van der Waals surface area contributed by atoms with E-state index < -0.39 is 0 Å². The van der Waals surface area contributed by atoms with Gasteiger partial charge in [-0.1, -0.05) is 12.8 Å². The third kappa shape index (κ3) is 3.03. The second-order valence-corrected chi connectivity index (χ2v) is 7.84. The molecule has 0 aromatic carbocycles. The largest absolute Gasteiger partial charge is 0.378 e. The lowest BCUT2D eigenvalue weighted by Crippen LogP contribution is -2.59. The van der Waals surface area contributed by atoms with Gasteiger partial charge in [0.25, 0.3) is 0 Å². The Labute approximate surface area is 139 Å². The van der Waals surface area contributed by atoms with Gasteiger partial charge < -0.3 is 19.3 Å². The molecule has 1 amide bonds. The molecule has 1 saturated carbocycles. The summed E-state index contributed by atoms with van der Waals surface area (Å²) in [6.07, 6.45) is 7.58. The molecule has 5 heteroatoms. The third-order valence-electron chi connectivity index (χ3n) is 6.41. The fraction of sp³-hybridized carbons (Fsp3) is 0.944. The quantitative estimate of drug-likeness (QED) is 0.790. The van der Waals surface area contributed by atoms with Crippen LogP contribution in [0.2, 0.25) is 0 Å². The zero-order valence-corrected chi connectivity index (χ0v) is 14.2. The highest BCUT2D eigenvalue weighted by Gasteiger charge is 2.54. The first-order chi connectivity index (χ1) is 11.3. The third-order valence-corrected chi connectivity index (χ3v) is 6.41. The summed E-state index contributed by atoms with van der Waals surface area (Å²) < 4.78 is 11.4. The molecular weight excluding hydrogens is 292 g/mol. The van der Waals surface area contributed by atoms with Gasteiger partial charge in [0.2, 0.25) is 5.91 Å². The fourth-order valence-electron chi connectivity index (χ4n) is 5.13. The Morgan fingerprint density at radius 1 is 1.04 bits per heavy atom. The molecule has 3 aliphatic heterocycles. The smallest absolute Gasteiger partial charge is 0.232 e. The minimum atomic E-state index is -0.284. The Morgan fingerprint density at radius 2 is 1.83 bits per heavy atom. The first-order valence-electron chi connectivity index (χ1n) is 9.49. The number of nitrogens with zero attached hydrogens (tertiary/aromatic N) is 2. The van der Waals surface area contributed by atoms with Crippen molar-refractivity contribution in [2.45, 2.75) is 44.6 Å². The van der Waals surface area contributed by atoms with Gasteiger partial charge in [-0.25, -0.2) is 0 Å². The molecule has 0 aromatic rings. The van der Waals surface area contributed by atoms with Crippen LogP contribution in [0.15, 0.2) is 0 Å². The summed E-state index contributed by atoms with van der Waals surface area (Å²) >= 11 is 0. The molecule has 2 atom stereocenters. The van der Waals surface area contributed by atoms with Gasteiger partial charge in [0.15, 0.2) is 0 Å². The van der Waals surface area contributed by atoms with Crippen molar-refractivity contribution in [2.24, 2.45) is 11.3 Å². The summed E-state index contributed by atoms with van der Waals surface area (Å²) in [5.41, 5.74) is -0.284. The first kappa shape index (κ1) is 15.9. The van der Waals surface area contributed by atoms with Gasteiger partial charge in [-0.3, -0.25) is 4.79 Å². The average Bonchev–Trinajstić information content (AvgIpc) is 3.24. The van der Waals surface area contributed by atoms with Crippen LogP contribution in [0.25, 0.3) is 0 Å². The van der Waals surface area contributed by atoms with Crippen LogP contribution in [-0.4, -0.2) is 74.4 Å². The molecular formula is C18H30N2O3. The van der Waals surface area contributed by atoms with Crippen LogP contribution in [-0.2, 0) is 14.3 Å². The van der Waals surface area contributed by atoms with E-state index in [0.29, 0.717) is 19.1 Å². The Balaban J connectivity index is 1.47. The predicted molar refractivity (Wildman–Crippen MR) is 87.2 cm³/mol. The van der Waals surface area contributed by atoms with Gasteiger partial charge in [0.05, 0.1) is 24.7 Å². The van der Waals surface area contributed by atoms with Crippen LogP contribution in [0.1, 0.15) is 38.5 Å². The van der Waals surface area contributed by atoms with Crippen LogP contribution in [0.4, 0.5) is 0 Å². The van der Waals surface area contributed by atoms with E-state index >= 15 is 0 Å². The highest BCUT2D eigenvalue weighted by molar-refractivity contribution is 5.84. The van der Waals surface area contributed by atoms with Crippen molar-refractivity contribution in [2.75, 3.05) is 52.5 Å². The minimum Gasteiger partial charge on any atom is -0.378 e. The molecule has 0 N–H and O–H groups in total. The first-order valence-corrected chi connectivity index (χ1v) is 9.49. The minimum absolute atomic E-state index is 0.137. The summed E-state index contributed by atoms with van der Waals surface area (Å²) in [7, 11) is 0. The molecule has 3 saturated heterocycles. The van der Waals surface area contributed by atoms with Crippen molar-refractivity contribution in [1.82, 2.24) is 9.80 Å². The fourth-order valence-corrected chi connectivity index (χ4v) is 5.13. The zero-order valence-electron chi connectivity index (χ0n) is 14.2. The second kappa shape index (κ2) is 6.69. The molecule has 5 nitrogen and oxygen atoms in total. The average molecular weight is 322 g/mol. The van der Waals surface area contributed by atoms with E-state index in [-0.39, 0.29) is 11.5 Å². The number of rotatable bonds is 3. The number of ether oxygens (including phenoxy) is 2. The lowest BCUT2D eigenvalue weighted by molar-refractivity contribution is -0.154. The Morgan fingerprint density at radius 3 is 2.61 bits per heavy atom. The van der Waals surface area contributed by atoms with Crippen LogP contribution in [0, 0.1) is 11.3 Å². The van der Waals surface area contributed by atoms with Crippen molar-refractivity contribution < 1.29 is 14.3 Å². The van der Waals surface area contributed by atoms with Gasteiger partial charge in [0, 0.05) is 39.3 Å². The van der Waals surface area contributed by atoms with E-state index in [4.69, 9.17) is 9.47 Å². The van der Waals surface area contributed by atoms with E-state index in [0.717, 1.165) is 51.5 Å². The van der Waals surface area contributed by atoms with Crippen molar-refractivity contribution in [3.8, 4) is 0 Å². The highest BCUT2D eigenvalue weighted by Crippen LogP contribution is 2.43. The number of morpholine rings is 1. The van der Waals surface area contributed by atoms with Crippen LogP contribution >= 0.6 is 0 Å². The van der Waals surface area contributed by atoms with Crippen LogP contribution < -0.4 is 0 Å². The molecule has 0 bridgehead atoms. The summed E-state index contributed by atoms with van der Waals surface area (Å²) in [5.74, 6) is 1.18. The zero-order chi connectivity index (χ0) is 15.7. The molecule has 4 fully saturated rings. The van der Waals surface area contributed by atoms with E-state index in [9.17, 15) is 4.79 Å². The van der Waals surface area contributed by atoms with E-state index in [1.165, 1.54) is 32.2 Å². The molecule has 4 rings (SSSR count). The van der Waals surface area contributed by atoms with Gasteiger partial charge in [-0.05, 0) is 31.6 Å². The SMILES string of the molecule is O=C(N1CCOCC1)[C@]12CCO[C@H]1CCN(CC1CCCC1)C2. The molecule has 1 aliphatic carbocycles. The molecule has 23 heavy (non-hydrogen) atoms. The number of carbonyl (C=O) groups excluding carboxylic acids is 1. The van der Waals surface area contributed by atoms with Crippen molar-refractivity contribution >= 4 is 5.91 Å². The van der Waals surface area contributed by atoms with Crippen molar-refractivity contribution in [3.63, 3.8) is 0 Å². The van der Waals surface area contributed by atoms with Gasteiger partial charge in [0.1, 0.15) is 0 Å². The lowest BCUT2D eigenvalue weighted by atomic mass is 9.75. The maximum absolute atomic E-state index is 13.3. The van der Waals surface area contributed by atoms with Gasteiger partial charge in [-0.15, -0.1) is 0 Å². The number of likely N-dealkylation sites (tertiary alicyclic amines) is 1. The summed E-state index contributed by atoms with van der Waals surface area (Å²) in [4.78, 5) is 17.9. The molecule has 0 spiro atoms. The maximum atomic E-state index is 13.3. The number of piperidine rings is 1. The van der Waals surface area contributed by atoms with Gasteiger partial charge >= 0.3 is 0 Å². The normalized spacial score (nSPS) is 36.3. The standard InChI is InChI=1S/C18H30N2O3/c21-17(20-8-11-22-12-9-20)18-6-10-23-16(18)5-7-19(14-18)13-15-3-1-2-4-15/h15-16H,1-14H2/t16-,18-/m0/s1. The topological polar surface area (TPSA) is 42.0 Å². The molecule has 0 unspecified atom stereocenters. The maximum Gasteiger partial charge on any atom is 0.232 e. The molecule has 0 radical (unpaired) electrons. The number of carbonyl (C=O) groups is 1. The van der Waals surface area contributed by atoms with Crippen molar-refractivity contribution in [3.05, 3.63) is 0 Å². The van der Waals surface area contributed by atoms with Crippen LogP contribution in [0.3, 0.4) is 0 Å².